The molecular formula is C12H12BrF2NO. The van der Waals surface area contributed by atoms with Crippen molar-refractivity contribution in [1.29, 1.82) is 0 Å². The molecule has 1 unspecified atom stereocenters. The molecule has 1 aliphatic heterocycles. The van der Waals surface area contributed by atoms with Gasteiger partial charge in [0.2, 0.25) is 0 Å². The van der Waals surface area contributed by atoms with Crippen LogP contribution in [-0.2, 0) is 4.74 Å². The highest BCUT2D eigenvalue weighted by Gasteiger charge is 2.14. The zero-order valence-corrected chi connectivity index (χ0v) is 10.6. The molecule has 0 spiro atoms. The van der Waals surface area contributed by atoms with Crippen molar-refractivity contribution >= 4 is 21.6 Å². The number of nitrogens with one attached hydrogen (secondary N) is 1. The molecule has 1 N–H and O–H groups in total. The lowest BCUT2D eigenvalue weighted by molar-refractivity contribution is 0.135. The molecule has 1 heterocycles. The molecule has 0 saturated heterocycles. The summed E-state index contributed by atoms with van der Waals surface area (Å²) < 4.78 is 32.1. The number of allylic oxidation sites excluding steroid dienone is 1. The molecule has 0 radical (unpaired) electrons. The fourth-order valence-corrected chi connectivity index (χ4v) is 2.21. The largest absolute Gasteiger partial charge is 0.497 e. The fraction of sp³-hybridized carbons (Fsp3) is 0.333. The molecule has 1 aromatic rings. The Kier molecular flexibility index (Phi) is 3.99. The first kappa shape index (κ1) is 12.4. The van der Waals surface area contributed by atoms with Gasteiger partial charge in [-0.3, -0.25) is 0 Å². The van der Waals surface area contributed by atoms with Crippen molar-refractivity contribution in [2.75, 3.05) is 11.9 Å². The van der Waals surface area contributed by atoms with E-state index < -0.39 is 11.6 Å². The second-order valence-corrected chi connectivity index (χ2v) is 4.69. The normalized spacial score (nSPS) is 18.9. The molecule has 1 atom stereocenters. The fourth-order valence-electron chi connectivity index (χ4n) is 1.66. The Labute approximate surface area is 107 Å². The average molecular weight is 304 g/mol. The molecule has 1 aliphatic rings. The third-order valence-corrected chi connectivity index (χ3v) is 3.16. The van der Waals surface area contributed by atoms with Gasteiger partial charge in [-0.15, -0.1) is 0 Å². The van der Waals surface area contributed by atoms with Gasteiger partial charge in [-0.05, 0) is 40.9 Å². The van der Waals surface area contributed by atoms with Crippen LogP contribution in [0.5, 0.6) is 0 Å². The minimum absolute atomic E-state index is 0.0244. The smallest absolute Gasteiger partial charge is 0.150 e. The Morgan fingerprint density at radius 1 is 1.41 bits per heavy atom. The van der Waals surface area contributed by atoms with Crippen molar-refractivity contribution in [3.8, 4) is 0 Å². The molecule has 0 aliphatic carbocycles. The van der Waals surface area contributed by atoms with Crippen LogP contribution in [0.25, 0.3) is 0 Å². The molecule has 1 aromatic carbocycles. The summed E-state index contributed by atoms with van der Waals surface area (Å²) in [5, 5.41) is 2.93. The van der Waals surface area contributed by atoms with E-state index in [1.54, 1.807) is 6.26 Å². The Hall–Kier alpha value is -1.10. The van der Waals surface area contributed by atoms with Crippen LogP contribution < -0.4 is 5.32 Å². The van der Waals surface area contributed by atoms with Gasteiger partial charge in [0.05, 0.1) is 18.5 Å². The second kappa shape index (κ2) is 5.49. The Balaban J connectivity index is 2.01. The monoisotopic (exact) mass is 303 g/mol. The van der Waals surface area contributed by atoms with E-state index >= 15 is 0 Å². The van der Waals surface area contributed by atoms with E-state index in [0.717, 1.165) is 18.9 Å². The van der Waals surface area contributed by atoms with Gasteiger partial charge in [-0.1, -0.05) is 0 Å². The Morgan fingerprint density at radius 3 is 2.88 bits per heavy atom. The number of ether oxygens (including phenoxy) is 1. The number of benzene rings is 1. The zero-order chi connectivity index (χ0) is 12.3. The summed E-state index contributed by atoms with van der Waals surface area (Å²) >= 11 is 3.13. The van der Waals surface area contributed by atoms with Gasteiger partial charge in [0, 0.05) is 10.5 Å². The number of anilines is 1. The van der Waals surface area contributed by atoms with Crippen LogP contribution in [0.2, 0.25) is 0 Å². The number of rotatable bonds is 3. The number of halogens is 3. The second-order valence-electron chi connectivity index (χ2n) is 3.83. The van der Waals surface area contributed by atoms with Crippen molar-refractivity contribution in [3.05, 3.63) is 40.6 Å². The summed E-state index contributed by atoms with van der Waals surface area (Å²) in [6.45, 7) is 0.492. The first-order chi connectivity index (χ1) is 8.16. The van der Waals surface area contributed by atoms with Crippen molar-refractivity contribution in [1.82, 2.24) is 0 Å². The van der Waals surface area contributed by atoms with E-state index in [0.29, 0.717) is 11.0 Å². The van der Waals surface area contributed by atoms with Gasteiger partial charge < -0.3 is 10.1 Å². The molecule has 92 valence electrons. The third-order valence-electron chi connectivity index (χ3n) is 2.54. The maximum Gasteiger partial charge on any atom is 0.150 e. The van der Waals surface area contributed by atoms with Crippen LogP contribution in [-0.4, -0.2) is 12.6 Å². The van der Waals surface area contributed by atoms with Crippen LogP contribution in [0.1, 0.15) is 12.8 Å². The van der Waals surface area contributed by atoms with E-state index in [9.17, 15) is 8.78 Å². The highest BCUT2D eigenvalue weighted by atomic mass is 79.9. The topological polar surface area (TPSA) is 21.3 Å². The lowest BCUT2D eigenvalue weighted by atomic mass is 10.1. The SMILES string of the molecule is Fc1cc(F)c(NCC2CCC=CO2)c(Br)c1. The highest BCUT2D eigenvalue weighted by molar-refractivity contribution is 9.10. The maximum atomic E-state index is 13.5. The predicted molar refractivity (Wildman–Crippen MR) is 65.8 cm³/mol. The summed E-state index contributed by atoms with van der Waals surface area (Å²) in [5.74, 6) is -1.21. The summed E-state index contributed by atoms with van der Waals surface area (Å²) in [4.78, 5) is 0. The highest BCUT2D eigenvalue weighted by Crippen LogP contribution is 2.27. The number of hydrogen-bond acceptors (Lipinski definition) is 2. The standard InChI is InChI=1S/C12H12BrF2NO/c13-10-5-8(14)6-11(15)12(10)16-7-9-3-1-2-4-17-9/h2,4-6,9,16H,1,3,7H2. The minimum Gasteiger partial charge on any atom is -0.497 e. The van der Waals surface area contributed by atoms with Gasteiger partial charge in [0.15, 0.2) is 0 Å². The van der Waals surface area contributed by atoms with Crippen LogP contribution in [0.15, 0.2) is 28.9 Å². The lowest BCUT2D eigenvalue weighted by Gasteiger charge is -2.20. The zero-order valence-electron chi connectivity index (χ0n) is 9.05. The first-order valence-electron chi connectivity index (χ1n) is 5.35. The van der Waals surface area contributed by atoms with Crippen LogP contribution >= 0.6 is 15.9 Å². The van der Waals surface area contributed by atoms with E-state index in [1.807, 2.05) is 6.08 Å². The summed E-state index contributed by atoms with van der Waals surface area (Å²) in [6.07, 6.45) is 5.48. The molecule has 17 heavy (non-hydrogen) atoms. The van der Waals surface area contributed by atoms with Crippen molar-refractivity contribution < 1.29 is 13.5 Å². The Morgan fingerprint density at radius 2 is 2.24 bits per heavy atom. The van der Waals surface area contributed by atoms with Crippen molar-refractivity contribution in [2.45, 2.75) is 18.9 Å². The average Bonchev–Trinajstić information content (AvgIpc) is 2.29. The molecule has 0 saturated carbocycles. The molecule has 0 aromatic heterocycles. The van der Waals surface area contributed by atoms with Crippen LogP contribution in [0.4, 0.5) is 14.5 Å². The quantitative estimate of drug-likeness (QED) is 0.916. The van der Waals surface area contributed by atoms with Crippen molar-refractivity contribution in [2.24, 2.45) is 0 Å². The molecule has 0 fully saturated rings. The maximum absolute atomic E-state index is 13.5. The van der Waals surface area contributed by atoms with Crippen LogP contribution in [0, 0.1) is 11.6 Å². The number of hydrogen-bond donors (Lipinski definition) is 1. The summed E-state index contributed by atoms with van der Waals surface area (Å²) in [6, 6.07) is 2.09. The summed E-state index contributed by atoms with van der Waals surface area (Å²) in [7, 11) is 0. The molecule has 2 rings (SSSR count). The van der Waals surface area contributed by atoms with E-state index in [-0.39, 0.29) is 11.8 Å². The van der Waals surface area contributed by atoms with E-state index in [1.165, 1.54) is 6.07 Å². The molecule has 0 bridgehead atoms. The van der Waals surface area contributed by atoms with Gasteiger partial charge in [0.1, 0.15) is 17.7 Å². The van der Waals surface area contributed by atoms with Gasteiger partial charge in [-0.25, -0.2) is 8.78 Å². The Bertz CT molecular complexity index is 414. The molecule has 2 nitrogen and oxygen atoms in total. The van der Waals surface area contributed by atoms with Gasteiger partial charge in [0.25, 0.3) is 0 Å². The third kappa shape index (κ3) is 3.19. The molecule has 5 heteroatoms. The summed E-state index contributed by atoms with van der Waals surface area (Å²) in [5.41, 5.74) is 0.268. The van der Waals surface area contributed by atoms with E-state index in [4.69, 9.17) is 4.74 Å². The first-order valence-corrected chi connectivity index (χ1v) is 6.15. The molecule has 0 amide bonds. The van der Waals surface area contributed by atoms with Crippen LogP contribution in [0.3, 0.4) is 0 Å². The lowest BCUT2D eigenvalue weighted by Crippen LogP contribution is -2.23. The van der Waals surface area contributed by atoms with E-state index in [2.05, 4.69) is 21.2 Å². The van der Waals surface area contributed by atoms with Gasteiger partial charge >= 0.3 is 0 Å². The molecular weight excluding hydrogens is 292 g/mol. The van der Waals surface area contributed by atoms with Crippen molar-refractivity contribution in [3.63, 3.8) is 0 Å². The minimum atomic E-state index is -0.608. The van der Waals surface area contributed by atoms with Gasteiger partial charge in [-0.2, -0.15) is 0 Å². The predicted octanol–water partition coefficient (Wildman–Crippen LogP) is 3.83.